The highest BCUT2D eigenvalue weighted by Gasteiger charge is 2.16. The molecule has 0 aromatic heterocycles. The number of carbonyl (C=O) groups excluding carboxylic acids is 1. The SMILES string of the molecule is CNC(=O)c1c(F)ccc(Br)c1Cl. The van der Waals surface area contributed by atoms with Crippen LogP contribution in [0.25, 0.3) is 0 Å². The summed E-state index contributed by atoms with van der Waals surface area (Å²) in [6.45, 7) is 0. The third-order valence-corrected chi connectivity index (χ3v) is 2.78. The van der Waals surface area contributed by atoms with Gasteiger partial charge < -0.3 is 5.32 Å². The van der Waals surface area contributed by atoms with Gasteiger partial charge in [0, 0.05) is 11.5 Å². The quantitative estimate of drug-likeness (QED) is 0.778. The lowest BCUT2D eigenvalue weighted by atomic mass is 10.2. The molecule has 0 spiro atoms. The van der Waals surface area contributed by atoms with Gasteiger partial charge in [-0.2, -0.15) is 0 Å². The Bertz CT molecular complexity index is 356. The molecule has 1 aromatic rings. The van der Waals surface area contributed by atoms with E-state index in [1.807, 2.05) is 0 Å². The summed E-state index contributed by atoms with van der Waals surface area (Å²) in [5, 5.41) is 2.39. The molecule has 13 heavy (non-hydrogen) atoms. The topological polar surface area (TPSA) is 29.1 Å². The van der Waals surface area contributed by atoms with Crippen LogP contribution in [0.3, 0.4) is 0 Å². The predicted molar refractivity (Wildman–Crippen MR) is 52.5 cm³/mol. The van der Waals surface area contributed by atoms with E-state index in [9.17, 15) is 9.18 Å². The zero-order chi connectivity index (χ0) is 10.0. The fourth-order valence-corrected chi connectivity index (χ4v) is 1.43. The number of nitrogens with one attached hydrogen (secondary N) is 1. The highest BCUT2D eigenvalue weighted by atomic mass is 79.9. The molecular weight excluding hydrogens is 260 g/mol. The maximum Gasteiger partial charge on any atom is 0.255 e. The Kier molecular flexibility index (Phi) is 3.27. The minimum absolute atomic E-state index is 0.0827. The molecule has 0 aliphatic carbocycles. The first kappa shape index (κ1) is 10.5. The molecule has 0 bridgehead atoms. The molecule has 1 amide bonds. The molecule has 0 unspecified atom stereocenters. The van der Waals surface area contributed by atoms with Crippen molar-refractivity contribution in [1.82, 2.24) is 5.32 Å². The summed E-state index contributed by atoms with van der Waals surface area (Å²) in [4.78, 5) is 11.2. The number of hydrogen-bond donors (Lipinski definition) is 1. The first-order valence-corrected chi connectivity index (χ1v) is 4.60. The van der Waals surface area contributed by atoms with Crippen LogP contribution in [-0.4, -0.2) is 13.0 Å². The minimum atomic E-state index is -0.632. The Labute approximate surface area is 88.2 Å². The molecule has 0 aliphatic heterocycles. The van der Waals surface area contributed by atoms with Crippen LogP contribution in [0.15, 0.2) is 16.6 Å². The van der Waals surface area contributed by atoms with Crippen LogP contribution in [0.2, 0.25) is 5.02 Å². The van der Waals surface area contributed by atoms with Gasteiger partial charge in [-0.3, -0.25) is 4.79 Å². The third kappa shape index (κ3) is 2.00. The summed E-state index contributed by atoms with van der Waals surface area (Å²) in [7, 11) is 1.42. The number of amides is 1. The van der Waals surface area contributed by atoms with Crippen molar-refractivity contribution in [2.45, 2.75) is 0 Å². The molecule has 1 aromatic carbocycles. The van der Waals surface area contributed by atoms with Crippen molar-refractivity contribution < 1.29 is 9.18 Å². The minimum Gasteiger partial charge on any atom is -0.355 e. The highest BCUT2D eigenvalue weighted by molar-refractivity contribution is 9.10. The van der Waals surface area contributed by atoms with E-state index < -0.39 is 11.7 Å². The van der Waals surface area contributed by atoms with Crippen molar-refractivity contribution in [3.63, 3.8) is 0 Å². The summed E-state index contributed by atoms with van der Waals surface area (Å²) < 4.78 is 13.6. The van der Waals surface area contributed by atoms with Gasteiger partial charge in [-0.15, -0.1) is 0 Å². The van der Waals surface area contributed by atoms with Gasteiger partial charge in [0.2, 0.25) is 0 Å². The van der Waals surface area contributed by atoms with E-state index >= 15 is 0 Å². The molecule has 0 saturated heterocycles. The normalized spacial score (nSPS) is 9.85. The lowest BCUT2D eigenvalue weighted by Gasteiger charge is -2.05. The molecule has 0 aliphatic rings. The Morgan fingerprint density at radius 2 is 2.23 bits per heavy atom. The average Bonchev–Trinajstić information content (AvgIpc) is 2.12. The van der Waals surface area contributed by atoms with Crippen LogP contribution in [0.4, 0.5) is 4.39 Å². The van der Waals surface area contributed by atoms with Crippen molar-refractivity contribution in [1.29, 1.82) is 0 Å². The number of benzene rings is 1. The first-order valence-electron chi connectivity index (χ1n) is 3.43. The van der Waals surface area contributed by atoms with E-state index in [1.54, 1.807) is 0 Å². The molecule has 1 rings (SSSR count). The lowest BCUT2D eigenvalue weighted by molar-refractivity contribution is 0.0959. The van der Waals surface area contributed by atoms with Crippen molar-refractivity contribution in [2.24, 2.45) is 0 Å². The Morgan fingerprint density at radius 3 is 2.77 bits per heavy atom. The highest BCUT2D eigenvalue weighted by Crippen LogP contribution is 2.27. The van der Waals surface area contributed by atoms with E-state index in [-0.39, 0.29) is 10.6 Å². The van der Waals surface area contributed by atoms with Gasteiger partial charge in [-0.05, 0) is 28.1 Å². The van der Waals surface area contributed by atoms with Crippen LogP contribution in [0.5, 0.6) is 0 Å². The van der Waals surface area contributed by atoms with Gasteiger partial charge in [0.15, 0.2) is 0 Å². The van der Waals surface area contributed by atoms with Crippen molar-refractivity contribution in [2.75, 3.05) is 7.05 Å². The summed E-state index contributed by atoms with van der Waals surface area (Å²) in [6.07, 6.45) is 0. The van der Waals surface area contributed by atoms with E-state index in [0.29, 0.717) is 4.47 Å². The predicted octanol–water partition coefficient (Wildman–Crippen LogP) is 2.60. The second-order valence-corrected chi connectivity index (χ2v) is 3.53. The summed E-state index contributed by atoms with van der Waals surface area (Å²) in [5.41, 5.74) is -0.140. The van der Waals surface area contributed by atoms with Crippen molar-refractivity contribution in [3.05, 3.63) is 33.0 Å². The molecule has 1 N–H and O–H groups in total. The van der Waals surface area contributed by atoms with E-state index in [0.717, 1.165) is 0 Å². The lowest BCUT2D eigenvalue weighted by Crippen LogP contribution is -2.19. The second-order valence-electron chi connectivity index (χ2n) is 2.30. The van der Waals surface area contributed by atoms with Crippen LogP contribution in [0.1, 0.15) is 10.4 Å². The second kappa shape index (κ2) is 4.07. The molecule has 0 fully saturated rings. The monoisotopic (exact) mass is 265 g/mol. The van der Waals surface area contributed by atoms with Gasteiger partial charge >= 0.3 is 0 Å². The Hall–Kier alpha value is -0.610. The maximum atomic E-state index is 13.1. The number of carbonyl (C=O) groups is 1. The van der Waals surface area contributed by atoms with Crippen LogP contribution < -0.4 is 5.32 Å². The number of rotatable bonds is 1. The molecule has 0 atom stereocenters. The molecule has 5 heteroatoms. The zero-order valence-corrected chi connectivity index (χ0v) is 9.04. The Balaban J connectivity index is 3.33. The average molecular weight is 266 g/mol. The van der Waals surface area contributed by atoms with Gasteiger partial charge in [0.25, 0.3) is 5.91 Å². The molecule has 70 valence electrons. The molecule has 0 saturated carbocycles. The zero-order valence-electron chi connectivity index (χ0n) is 6.70. The van der Waals surface area contributed by atoms with Gasteiger partial charge in [0.05, 0.1) is 10.6 Å². The molecule has 0 heterocycles. The largest absolute Gasteiger partial charge is 0.355 e. The fraction of sp³-hybridized carbons (Fsp3) is 0.125. The van der Waals surface area contributed by atoms with Crippen LogP contribution >= 0.6 is 27.5 Å². The fourth-order valence-electron chi connectivity index (χ4n) is 0.860. The standard InChI is InChI=1S/C8H6BrClFNO/c1-12-8(13)6-5(11)3-2-4(9)7(6)10/h2-3H,1H3,(H,12,13). The molecule has 0 radical (unpaired) electrons. The third-order valence-electron chi connectivity index (χ3n) is 1.50. The van der Waals surface area contributed by atoms with Crippen LogP contribution in [-0.2, 0) is 0 Å². The van der Waals surface area contributed by atoms with Gasteiger partial charge in [-0.25, -0.2) is 4.39 Å². The van der Waals surface area contributed by atoms with E-state index in [4.69, 9.17) is 11.6 Å². The van der Waals surface area contributed by atoms with Gasteiger partial charge in [-0.1, -0.05) is 11.6 Å². The van der Waals surface area contributed by atoms with Crippen molar-refractivity contribution >= 4 is 33.4 Å². The molecule has 2 nitrogen and oxygen atoms in total. The van der Waals surface area contributed by atoms with Crippen molar-refractivity contribution in [3.8, 4) is 0 Å². The van der Waals surface area contributed by atoms with Crippen LogP contribution in [0, 0.1) is 5.82 Å². The van der Waals surface area contributed by atoms with Gasteiger partial charge in [0.1, 0.15) is 5.82 Å². The Morgan fingerprint density at radius 1 is 1.62 bits per heavy atom. The van der Waals surface area contributed by atoms with E-state index in [1.165, 1.54) is 19.2 Å². The smallest absolute Gasteiger partial charge is 0.255 e. The summed E-state index contributed by atoms with van der Waals surface area (Å²) in [5.74, 6) is -1.17. The number of halogens is 3. The molecular formula is C8H6BrClFNO. The summed E-state index contributed by atoms with van der Waals surface area (Å²) >= 11 is 8.82. The summed E-state index contributed by atoms with van der Waals surface area (Å²) in [6, 6.07) is 2.63. The first-order chi connectivity index (χ1) is 6.07. The maximum absolute atomic E-state index is 13.1. The van der Waals surface area contributed by atoms with E-state index in [2.05, 4.69) is 21.2 Å². The number of hydrogen-bond acceptors (Lipinski definition) is 1.